The summed E-state index contributed by atoms with van der Waals surface area (Å²) in [7, 11) is 4.84. The molecule has 1 N–H and O–H groups in total. The fourth-order valence-corrected chi connectivity index (χ4v) is 6.31. The zero-order valence-electron chi connectivity index (χ0n) is 22.5. The van der Waals surface area contributed by atoms with Crippen LogP contribution in [0.15, 0.2) is 66.7 Å². The molecule has 8 heteroatoms. The highest BCUT2D eigenvalue weighted by molar-refractivity contribution is 6.01. The molecule has 1 aromatic heterocycles. The Balaban J connectivity index is 1.52. The fourth-order valence-electron chi connectivity index (χ4n) is 6.31. The van der Waals surface area contributed by atoms with Gasteiger partial charge in [-0.05, 0) is 30.7 Å². The summed E-state index contributed by atoms with van der Waals surface area (Å²) in [6.07, 6.45) is 0. The van der Waals surface area contributed by atoms with Gasteiger partial charge in [0.2, 0.25) is 5.91 Å². The summed E-state index contributed by atoms with van der Waals surface area (Å²) in [5, 5.41) is 1.02. The number of fused-ring (bicyclic) bond motifs is 5. The van der Waals surface area contributed by atoms with Gasteiger partial charge in [0, 0.05) is 41.0 Å². The van der Waals surface area contributed by atoms with Crippen LogP contribution in [-0.4, -0.2) is 61.0 Å². The number of aromatic amines is 1. The van der Waals surface area contributed by atoms with Crippen LogP contribution in [0.4, 0.5) is 0 Å². The average molecular weight is 526 g/mol. The molecule has 2 amide bonds. The van der Waals surface area contributed by atoms with Crippen LogP contribution < -0.4 is 14.2 Å². The van der Waals surface area contributed by atoms with Gasteiger partial charge in [-0.15, -0.1) is 0 Å². The minimum atomic E-state index is -1.20. The number of amides is 2. The first-order valence-corrected chi connectivity index (χ1v) is 13.0. The van der Waals surface area contributed by atoms with E-state index in [1.165, 1.54) is 0 Å². The number of carbonyl (C=O) groups excluding carboxylic acids is 2. The van der Waals surface area contributed by atoms with Crippen molar-refractivity contribution in [2.75, 3.05) is 34.4 Å². The van der Waals surface area contributed by atoms with Crippen molar-refractivity contribution in [2.45, 2.75) is 24.9 Å². The molecule has 6 rings (SSSR count). The number of hydrogen-bond donors (Lipinski definition) is 1. The average Bonchev–Trinajstić information content (AvgIpc) is 3.36. The molecule has 0 saturated carbocycles. The Kier molecular flexibility index (Phi) is 5.98. The van der Waals surface area contributed by atoms with Crippen LogP contribution in [0.2, 0.25) is 0 Å². The Morgan fingerprint density at radius 1 is 0.897 bits per heavy atom. The van der Waals surface area contributed by atoms with E-state index < -0.39 is 5.54 Å². The summed E-state index contributed by atoms with van der Waals surface area (Å²) in [6.45, 7) is 2.46. The number of nitrogens with one attached hydrogen (secondary N) is 1. The van der Waals surface area contributed by atoms with Gasteiger partial charge in [0.05, 0.1) is 27.0 Å². The lowest BCUT2D eigenvalue weighted by molar-refractivity contribution is -0.167. The number of para-hydroxylation sites is 3. The van der Waals surface area contributed by atoms with E-state index in [-0.39, 0.29) is 30.8 Å². The summed E-state index contributed by atoms with van der Waals surface area (Å²) in [5.41, 5.74) is 3.20. The zero-order chi connectivity index (χ0) is 27.3. The van der Waals surface area contributed by atoms with Crippen LogP contribution in [0.25, 0.3) is 10.9 Å². The number of nitrogens with zero attached hydrogens (tertiary/aromatic N) is 2. The van der Waals surface area contributed by atoms with Crippen molar-refractivity contribution in [1.29, 1.82) is 0 Å². The number of H-pyrrole nitrogens is 1. The van der Waals surface area contributed by atoms with Crippen molar-refractivity contribution in [2.24, 2.45) is 0 Å². The van der Waals surface area contributed by atoms with E-state index in [2.05, 4.69) is 11.1 Å². The monoisotopic (exact) mass is 525 g/mol. The second-order valence-electron chi connectivity index (χ2n) is 10.1. The first-order valence-electron chi connectivity index (χ1n) is 13.0. The Hall–Kier alpha value is -4.46. The molecule has 39 heavy (non-hydrogen) atoms. The Morgan fingerprint density at radius 2 is 1.62 bits per heavy atom. The molecule has 0 aliphatic carbocycles. The standard InChI is InChI=1S/C31H31N3O5/c1-31-29-27(21-11-6-7-13-23(21)32-29)22(20-12-9-15-25(38-3)28(20)39-4)17-34(31)26(35)18-33(30(31)36)16-19-10-5-8-14-24(19)37-2/h5-15,22,32H,16-18H2,1-4H3/t22-,31+/m1/s1. The molecule has 2 aliphatic heterocycles. The highest BCUT2D eigenvalue weighted by Gasteiger charge is 2.56. The highest BCUT2D eigenvalue weighted by Crippen LogP contribution is 2.50. The molecule has 3 heterocycles. The van der Waals surface area contributed by atoms with Crippen LogP contribution in [0, 0.1) is 0 Å². The number of aromatic nitrogens is 1. The topological polar surface area (TPSA) is 84.1 Å². The third-order valence-corrected chi connectivity index (χ3v) is 8.18. The van der Waals surface area contributed by atoms with E-state index in [0.29, 0.717) is 23.8 Å². The Labute approximate surface area is 227 Å². The normalized spacial score (nSPS) is 20.6. The maximum Gasteiger partial charge on any atom is 0.255 e. The van der Waals surface area contributed by atoms with Crippen molar-refractivity contribution < 1.29 is 23.8 Å². The molecule has 0 spiro atoms. The molecule has 3 aromatic carbocycles. The van der Waals surface area contributed by atoms with E-state index in [1.54, 1.807) is 31.1 Å². The van der Waals surface area contributed by atoms with Gasteiger partial charge in [0.25, 0.3) is 5.91 Å². The molecule has 0 bridgehead atoms. The summed E-state index contributed by atoms with van der Waals surface area (Å²) in [4.78, 5) is 35.1. The van der Waals surface area contributed by atoms with Gasteiger partial charge in [-0.1, -0.05) is 48.5 Å². The van der Waals surface area contributed by atoms with Crippen molar-refractivity contribution in [3.63, 3.8) is 0 Å². The number of ether oxygens (including phenoxy) is 3. The molecule has 2 aliphatic rings. The van der Waals surface area contributed by atoms with Crippen LogP contribution in [0.5, 0.6) is 17.2 Å². The molecule has 1 saturated heterocycles. The van der Waals surface area contributed by atoms with E-state index in [0.717, 1.165) is 33.3 Å². The van der Waals surface area contributed by atoms with Crippen LogP contribution in [0.3, 0.4) is 0 Å². The van der Waals surface area contributed by atoms with E-state index in [1.807, 2.05) is 67.6 Å². The molecule has 2 atom stereocenters. The van der Waals surface area contributed by atoms with Gasteiger partial charge >= 0.3 is 0 Å². The predicted octanol–water partition coefficient (Wildman–Crippen LogP) is 4.43. The summed E-state index contributed by atoms with van der Waals surface area (Å²) >= 11 is 0. The van der Waals surface area contributed by atoms with Crippen LogP contribution in [-0.2, 0) is 21.7 Å². The molecule has 1 fully saturated rings. The molecule has 4 aromatic rings. The number of carbonyl (C=O) groups is 2. The number of benzene rings is 3. The van der Waals surface area contributed by atoms with Crippen LogP contribution >= 0.6 is 0 Å². The van der Waals surface area contributed by atoms with Gasteiger partial charge < -0.3 is 29.0 Å². The van der Waals surface area contributed by atoms with E-state index in [4.69, 9.17) is 14.2 Å². The number of piperazine rings is 1. The lowest BCUT2D eigenvalue weighted by Crippen LogP contribution is -2.67. The minimum absolute atomic E-state index is 0.00992. The fraction of sp³-hybridized carbons (Fsp3) is 0.290. The molecular formula is C31H31N3O5. The van der Waals surface area contributed by atoms with Gasteiger partial charge in [0.15, 0.2) is 17.0 Å². The Morgan fingerprint density at radius 3 is 2.38 bits per heavy atom. The molecule has 0 radical (unpaired) electrons. The van der Waals surface area contributed by atoms with E-state index >= 15 is 0 Å². The zero-order valence-corrected chi connectivity index (χ0v) is 22.5. The Bertz CT molecular complexity index is 1590. The molecule has 8 nitrogen and oxygen atoms in total. The van der Waals surface area contributed by atoms with Crippen molar-refractivity contribution in [1.82, 2.24) is 14.8 Å². The number of methoxy groups -OCH3 is 3. The van der Waals surface area contributed by atoms with E-state index in [9.17, 15) is 9.59 Å². The number of hydrogen-bond acceptors (Lipinski definition) is 5. The SMILES string of the molecule is COc1ccccc1CN1CC(=O)N2C[C@H](c3cccc(OC)c3OC)c3c([nH]c4ccccc34)[C@@]2(C)C1=O. The lowest BCUT2D eigenvalue weighted by Gasteiger charge is -2.51. The summed E-state index contributed by atoms with van der Waals surface area (Å²) in [6, 6.07) is 21.4. The van der Waals surface area contributed by atoms with Gasteiger partial charge in [0.1, 0.15) is 12.3 Å². The third kappa shape index (κ3) is 3.66. The predicted molar refractivity (Wildman–Crippen MR) is 147 cm³/mol. The second kappa shape index (κ2) is 9.38. The molecule has 200 valence electrons. The van der Waals surface area contributed by atoms with Crippen LogP contribution in [0.1, 0.15) is 35.2 Å². The molecule has 0 unspecified atom stereocenters. The number of rotatable bonds is 6. The maximum atomic E-state index is 14.4. The second-order valence-corrected chi connectivity index (χ2v) is 10.1. The first kappa shape index (κ1) is 24.9. The first-order chi connectivity index (χ1) is 18.9. The lowest BCUT2D eigenvalue weighted by atomic mass is 9.76. The van der Waals surface area contributed by atoms with Gasteiger partial charge in [-0.2, -0.15) is 0 Å². The third-order valence-electron chi connectivity index (χ3n) is 8.18. The maximum absolute atomic E-state index is 14.4. The largest absolute Gasteiger partial charge is 0.496 e. The van der Waals surface area contributed by atoms with Gasteiger partial charge in [-0.25, -0.2) is 0 Å². The minimum Gasteiger partial charge on any atom is -0.496 e. The van der Waals surface area contributed by atoms with Crippen molar-refractivity contribution >= 4 is 22.7 Å². The highest BCUT2D eigenvalue weighted by atomic mass is 16.5. The summed E-state index contributed by atoms with van der Waals surface area (Å²) in [5.74, 6) is 1.46. The summed E-state index contributed by atoms with van der Waals surface area (Å²) < 4.78 is 16.9. The molecular weight excluding hydrogens is 494 g/mol. The van der Waals surface area contributed by atoms with Crippen molar-refractivity contribution in [3.8, 4) is 17.2 Å². The van der Waals surface area contributed by atoms with Gasteiger partial charge in [-0.3, -0.25) is 9.59 Å². The smallest absolute Gasteiger partial charge is 0.255 e. The van der Waals surface area contributed by atoms with Crippen molar-refractivity contribution in [3.05, 3.63) is 89.1 Å². The quantitative estimate of drug-likeness (QED) is 0.403.